The van der Waals surface area contributed by atoms with E-state index in [-0.39, 0.29) is 26.9 Å². The Bertz CT molecular complexity index is 1690. The van der Waals surface area contributed by atoms with Crippen LogP contribution in [0.15, 0.2) is 97.7 Å². The first-order valence-electron chi connectivity index (χ1n) is 11.0. The zero-order valence-electron chi connectivity index (χ0n) is 19.7. The minimum atomic E-state index is -4.05. The molecule has 0 saturated carbocycles. The highest BCUT2D eigenvalue weighted by molar-refractivity contribution is 9.10. The van der Waals surface area contributed by atoms with Crippen LogP contribution in [0.5, 0.6) is 0 Å². The molecule has 38 heavy (non-hydrogen) atoms. The first-order chi connectivity index (χ1) is 17.9. The van der Waals surface area contributed by atoms with Crippen LogP contribution in [0.25, 0.3) is 0 Å². The number of carbonyl (C=O) groups is 1. The number of rotatable bonds is 9. The standard InChI is InChI=1S/C25H21BrClN3O6S2/c1-16-13-20(9-11-23(16)38(34,35)30-19-7-5-18(26)6-8-19)29-25(31)17-4-10-22(27)24(14-17)37(32,33)28-15-21-3-2-12-36-21/h2-14,28,30H,15H2,1H3,(H,29,31). The average Bonchev–Trinajstić information content (AvgIpc) is 3.38. The van der Waals surface area contributed by atoms with E-state index in [4.69, 9.17) is 16.0 Å². The van der Waals surface area contributed by atoms with Crippen LogP contribution in [-0.4, -0.2) is 22.7 Å². The molecule has 0 aliphatic rings. The van der Waals surface area contributed by atoms with E-state index in [9.17, 15) is 21.6 Å². The number of halogens is 2. The fourth-order valence-corrected chi connectivity index (χ4v) is 6.54. The maximum Gasteiger partial charge on any atom is 0.262 e. The summed E-state index contributed by atoms with van der Waals surface area (Å²) in [6.07, 6.45) is 1.42. The summed E-state index contributed by atoms with van der Waals surface area (Å²) in [7, 11) is -7.93. The van der Waals surface area contributed by atoms with Gasteiger partial charge < -0.3 is 9.73 Å². The van der Waals surface area contributed by atoms with Gasteiger partial charge in [-0.05, 0) is 85.3 Å². The topological polar surface area (TPSA) is 135 Å². The Morgan fingerprint density at radius 1 is 0.895 bits per heavy atom. The summed E-state index contributed by atoms with van der Waals surface area (Å²) in [5.41, 5.74) is 1.16. The molecule has 0 bridgehead atoms. The lowest BCUT2D eigenvalue weighted by Gasteiger charge is -2.13. The molecule has 4 rings (SSSR count). The van der Waals surface area contributed by atoms with E-state index in [0.717, 1.165) is 10.5 Å². The summed E-state index contributed by atoms with van der Waals surface area (Å²) in [5, 5.41) is 2.60. The minimum Gasteiger partial charge on any atom is -0.468 e. The molecule has 0 fully saturated rings. The van der Waals surface area contributed by atoms with Gasteiger partial charge in [0.2, 0.25) is 10.0 Å². The molecular formula is C25H21BrClN3O6S2. The van der Waals surface area contributed by atoms with Gasteiger partial charge in [-0.15, -0.1) is 0 Å². The molecule has 1 amide bonds. The van der Waals surface area contributed by atoms with Crippen LogP contribution in [0.4, 0.5) is 11.4 Å². The van der Waals surface area contributed by atoms with Crippen LogP contribution in [0.3, 0.4) is 0 Å². The summed E-state index contributed by atoms with van der Waals surface area (Å²) in [6.45, 7) is 1.51. The number of furan rings is 1. The van der Waals surface area contributed by atoms with Crippen LogP contribution in [-0.2, 0) is 26.6 Å². The summed E-state index contributed by atoms with van der Waals surface area (Å²) < 4.78 is 62.1. The lowest BCUT2D eigenvalue weighted by atomic mass is 10.2. The fourth-order valence-electron chi connectivity index (χ4n) is 3.47. The molecule has 0 atom stereocenters. The summed E-state index contributed by atoms with van der Waals surface area (Å²) >= 11 is 9.42. The second-order valence-corrected chi connectivity index (χ2v) is 12.8. The van der Waals surface area contributed by atoms with E-state index in [2.05, 4.69) is 30.7 Å². The summed E-state index contributed by atoms with van der Waals surface area (Å²) in [4.78, 5) is 12.7. The summed E-state index contributed by atoms with van der Waals surface area (Å²) in [5.74, 6) is -0.196. The molecule has 3 aromatic carbocycles. The number of hydrogen-bond donors (Lipinski definition) is 3. The van der Waals surface area contributed by atoms with Crippen LogP contribution < -0.4 is 14.8 Å². The van der Waals surface area contributed by atoms with Crippen LogP contribution in [0, 0.1) is 6.92 Å². The molecule has 0 aliphatic carbocycles. The van der Waals surface area contributed by atoms with Crippen molar-refractivity contribution in [1.29, 1.82) is 0 Å². The van der Waals surface area contributed by atoms with Crippen molar-refractivity contribution in [1.82, 2.24) is 4.72 Å². The molecule has 3 N–H and O–H groups in total. The second kappa shape index (κ2) is 11.3. The number of nitrogens with one attached hydrogen (secondary N) is 3. The van der Waals surface area contributed by atoms with E-state index in [1.165, 1.54) is 36.6 Å². The number of sulfonamides is 2. The Hall–Kier alpha value is -3.16. The van der Waals surface area contributed by atoms with Crippen LogP contribution in [0.2, 0.25) is 5.02 Å². The molecule has 9 nitrogen and oxygen atoms in total. The van der Waals surface area contributed by atoms with Crippen molar-refractivity contribution >= 4 is 64.9 Å². The number of benzene rings is 3. The second-order valence-electron chi connectivity index (χ2n) is 8.10. The zero-order chi connectivity index (χ0) is 27.5. The van der Waals surface area contributed by atoms with Crippen molar-refractivity contribution in [2.45, 2.75) is 23.3 Å². The number of amides is 1. The molecule has 4 aromatic rings. The Labute approximate surface area is 233 Å². The van der Waals surface area contributed by atoms with Gasteiger partial charge in [-0.3, -0.25) is 9.52 Å². The molecule has 0 unspecified atom stereocenters. The third kappa shape index (κ3) is 6.63. The van der Waals surface area contributed by atoms with Crippen molar-refractivity contribution in [3.8, 4) is 0 Å². The normalized spacial score (nSPS) is 11.8. The van der Waals surface area contributed by atoms with Gasteiger partial charge in [0, 0.05) is 21.4 Å². The first-order valence-corrected chi connectivity index (χ1v) is 15.1. The van der Waals surface area contributed by atoms with Gasteiger partial charge in [0.25, 0.3) is 15.9 Å². The van der Waals surface area contributed by atoms with Crippen LogP contribution >= 0.6 is 27.5 Å². The molecule has 0 saturated heterocycles. The van der Waals surface area contributed by atoms with Crippen molar-refractivity contribution < 1.29 is 26.0 Å². The molecule has 198 valence electrons. The highest BCUT2D eigenvalue weighted by Crippen LogP contribution is 2.26. The maximum absolute atomic E-state index is 12.9. The quantitative estimate of drug-likeness (QED) is 0.221. The van der Waals surface area contributed by atoms with Gasteiger partial charge in [0.05, 0.1) is 22.7 Å². The van der Waals surface area contributed by atoms with Gasteiger partial charge in [-0.1, -0.05) is 27.5 Å². The number of carbonyl (C=O) groups excluding carboxylic acids is 1. The third-order valence-electron chi connectivity index (χ3n) is 5.32. The Morgan fingerprint density at radius 2 is 1.61 bits per heavy atom. The van der Waals surface area contributed by atoms with Crippen molar-refractivity contribution in [2.24, 2.45) is 0 Å². The SMILES string of the molecule is Cc1cc(NC(=O)c2ccc(Cl)c(S(=O)(=O)NCc3ccco3)c2)ccc1S(=O)(=O)Nc1ccc(Br)cc1. The zero-order valence-corrected chi connectivity index (χ0v) is 23.7. The molecule has 1 aromatic heterocycles. The van der Waals surface area contributed by atoms with Gasteiger partial charge in [-0.2, -0.15) is 0 Å². The third-order valence-corrected chi connectivity index (χ3v) is 9.27. The predicted octanol–water partition coefficient (Wildman–Crippen LogP) is 5.54. The maximum atomic E-state index is 12.9. The van der Waals surface area contributed by atoms with Crippen molar-refractivity contribution in [3.05, 3.63) is 105 Å². The lowest BCUT2D eigenvalue weighted by Crippen LogP contribution is -2.24. The van der Waals surface area contributed by atoms with Crippen molar-refractivity contribution in [2.75, 3.05) is 10.0 Å². The molecule has 0 aliphatic heterocycles. The monoisotopic (exact) mass is 637 g/mol. The van der Waals surface area contributed by atoms with Gasteiger partial charge in [-0.25, -0.2) is 21.6 Å². The molecule has 0 radical (unpaired) electrons. The molecule has 0 spiro atoms. The molecule has 1 heterocycles. The average molecular weight is 639 g/mol. The minimum absolute atomic E-state index is 0.0408. The van der Waals surface area contributed by atoms with E-state index in [1.807, 2.05) is 0 Å². The highest BCUT2D eigenvalue weighted by Gasteiger charge is 2.22. The highest BCUT2D eigenvalue weighted by atomic mass is 79.9. The lowest BCUT2D eigenvalue weighted by molar-refractivity contribution is 0.102. The Balaban J connectivity index is 1.50. The molecule has 13 heteroatoms. The number of aryl methyl sites for hydroxylation is 1. The smallest absolute Gasteiger partial charge is 0.262 e. The Kier molecular flexibility index (Phi) is 8.28. The Morgan fingerprint density at radius 3 is 2.26 bits per heavy atom. The number of hydrogen-bond acceptors (Lipinski definition) is 6. The van der Waals surface area contributed by atoms with Gasteiger partial charge in [0.15, 0.2) is 0 Å². The fraction of sp³-hybridized carbons (Fsp3) is 0.0800. The van der Waals surface area contributed by atoms with E-state index >= 15 is 0 Å². The first kappa shape index (κ1) is 27.9. The summed E-state index contributed by atoms with van der Waals surface area (Å²) in [6, 6.07) is 18.1. The van der Waals surface area contributed by atoms with Crippen molar-refractivity contribution in [3.63, 3.8) is 0 Å². The van der Waals surface area contributed by atoms with Crippen LogP contribution in [0.1, 0.15) is 21.7 Å². The largest absolute Gasteiger partial charge is 0.468 e. The number of anilines is 2. The molecular weight excluding hydrogens is 618 g/mol. The van der Waals surface area contributed by atoms with E-state index < -0.39 is 26.0 Å². The predicted molar refractivity (Wildman–Crippen MR) is 148 cm³/mol. The van der Waals surface area contributed by atoms with Gasteiger partial charge in [0.1, 0.15) is 10.7 Å². The van der Waals surface area contributed by atoms with E-state index in [0.29, 0.717) is 22.7 Å². The van der Waals surface area contributed by atoms with Gasteiger partial charge >= 0.3 is 0 Å². The van der Waals surface area contributed by atoms with E-state index in [1.54, 1.807) is 43.3 Å².